The van der Waals surface area contributed by atoms with Gasteiger partial charge in [-0.05, 0) is 0 Å². The lowest BCUT2D eigenvalue weighted by atomic mass is 10.2. The van der Waals surface area contributed by atoms with Gasteiger partial charge in [0.25, 0.3) is 9.05 Å². The van der Waals surface area contributed by atoms with Gasteiger partial charge in [-0.1, -0.05) is 19.0 Å². The molecule has 0 unspecified atom stereocenters. The van der Waals surface area contributed by atoms with Gasteiger partial charge in [-0.25, -0.2) is 8.42 Å². The van der Waals surface area contributed by atoms with Crippen LogP contribution in [0.4, 0.5) is 0 Å². The molecule has 0 atom stereocenters. The molecule has 2 aromatic heterocycles. The third-order valence-corrected chi connectivity index (χ3v) is 3.50. The summed E-state index contributed by atoms with van der Waals surface area (Å²) in [7, 11) is 1.43. The average Bonchev–Trinajstić information content (AvgIpc) is 2.85. The molecule has 98 valence electrons. The van der Waals surface area contributed by atoms with Crippen molar-refractivity contribution in [1.82, 2.24) is 19.9 Å². The standard InChI is InChI=1S/C9H11ClN4O3S/c1-6(2)9-12-8(17-13-9)5-14-4-7(3-11-14)18(10,15)16/h3-4,6H,5H2,1-2H3. The van der Waals surface area contributed by atoms with E-state index in [1.54, 1.807) is 0 Å². The molecular weight excluding hydrogens is 280 g/mol. The summed E-state index contributed by atoms with van der Waals surface area (Å²) in [6, 6.07) is 0. The van der Waals surface area contributed by atoms with Crippen LogP contribution in [0.25, 0.3) is 0 Å². The van der Waals surface area contributed by atoms with E-state index in [1.807, 2.05) is 13.8 Å². The van der Waals surface area contributed by atoms with Crippen LogP contribution in [-0.2, 0) is 15.6 Å². The molecule has 0 amide bonds. The van der Waals surface area contributed by atoms with Gasteiger partial charge in [0.05, 0.1) is 6.20 Å². The van der Waals surface area contributed by atoms with E-state index in [9.17, 15) is 8.42 Å². The maximum absolute atomic E-state index is 11.1. The summed E-state index contributed by atoms with van der Waals surface area (Å²) in [6.45, 7) is 4.09. The van der Waals surface area contributed by atoms with Gasteiger partial charge in [-0.3, -0.25) is 4.68 Å². The number of aromatic nitrogens is 4. The minimum absolute atomic E-state index is 0.0623. The second-order valence-corrected chi connectivity index (χ2v) is 6.58. The van der Waals surface area contributed by atoms with Crippen LogP contribution in [0.5, 0.6) is 0 Å². The fourth-order valence-corrected chi connectivity index (χ4v) is 1.92. The van der Waals surface area contributed by atoms with E-state index in [-0.39, 0.29) is 17.4 Å². The van der Waals surface area contributed by atoms with Crippen LogP contribution in [0.15, 0.2) is 21.8 Å². The molecule has 0 aliphatic carbocycles. The zero-order valence-corrected chi connectivity index (χ0v) is 11.3. The molecule has 9 heteroatoms. The molecule has 2 rings (SSSR count). The van der Waals surface area contributed by atoms with E-state index < -0.39 is 9.05 Å². The van der Waals surface area contributed by atoms with Gasteiger partial charge < -0.3 is 4.52 Å². The summed E-state index contributed by atoms with van der Waals surface area (Å²) in [5, 5.41) is 7.65. The van der Waals surface area contributed by atoms with Gasteiger partial charge >= 0.3 is 0 Å². The molecule has 0 N–H and O–H groups in total. The Morgan fingerprint density at radius 1 is 1.50 bits per heavy atom. The molecule has 0 aliphatic rings. The fraction of sp³-hybridized carbons (Fsp3) is 0.444. The zero-order chi connectivity index (χ0) is 13.3. The molecule has 0 aromatic carbocycles. The molecule has 0 spiro atoms. The van der Waals surface area contributed by atoms with Crippen molar-refractivity contribution in [3.63, 3.8) is 0 Å². The van der Waals surface area contributed by atoms with Gasteiger partial charge in [0, 0.05) is 22.8 Å². The van der Waals surface area contributed by atoms with Gasteiger partial charge in [0.2, 0.25) is 5.89 Å². The maximum atomic E-state index is 11.1. The van der Waals surface area contributed by atoms with Crippen LogP contribution in [0.3, 0.4) is 0 Å². The van der Waals surface area contributed by atoms with Crippen molar-refractivity contribution in [3.05, 3.63) is 24.1 Å². The average molecular weight is 291 g/mol. The lowest BCUT2D eigenvalue weighted by molar-refractivity contribution is 0.359. The van der Waals surface area contributed by atoms with Crippen molar-refractivity contribution < 1.29 is 12.9 Å². The quantitative estimate of drug-likeness (QED) is 0.790. The molecule has 7 nitrogen and oxygen atoms in total. The Hall–Kier alpha value is -1.41. The molecule has 0 fully saturated rings. The van der Waals surface area contributed by atoms with Gasteiger partial charge in [0.1, 0.15) is 11.4 Å². The Labute approximate surface area is 108 Å². The van der Waals surface area contributed by atoms with Crippen LogP contribution in [-0.4, -0.2) is 28.3 Å². The third kappa shape index (κ3) is 2.88. The van der Waals surface area contributed by atoms with E-state index in [0.717, 1.165) is 0 Å². The summed E-state index contributed by atoms with van der Waals surface area (Å²) < 4.78 is 28.5. The summed E-state index contributed by atoms with van der Waals surface area (Å²) >= 11 is 0. The van der Waals surface area contributed by atoms with Crippen molar-refractivity contribution in [2.45, 2.75) is 31.2 Å². The van der Waals surface area contributed by atoms with Crippen LogP contribution in [0.2, 0.25) is 0 Å². The van der Waals surface area contributed by atoms with Crippen LogP contribution in [0.1, 0.15) is 31.5 Å². The monoisotopic (exact) mass is 290 g/mol. The molecular formula is C9H11ClN4O3S. The van der Waals surface area contributed by atoms with Gasteiger partial charge in [-0.2, -0.15) is 10.1 Å². The predicted octanol–water partition coefficient (Wildman–Crippen LogP) is 1.37. The SMILES string of the molecule is CC(C)c1noc(Cn2cc(S(=O)(=O)Cl)cn2)n1. The summed E-state index contributed by atoms with van der Waals surface area (Å²) in [4.78, 5) is 4.09. The summed E-state index contributed by atoms with van der Waals surface area (Å²) in [5.41, 5.74) is 0. The molecule has 0 bridgehead atoms. The lowest BCUT2D eigenvalue weighted by Gasteiger charge is -1.94. The summed E-state index contributed by atoms with van der Waals surface area (Å²) in [6.07, 6.45) is 2.48. The van der Waals surface area contributed by atoms with Crippen molar-refractivity contribution in [1.29, 1.82) is 0 Å². The third-order valence-electron chi connectivity index (χ3n) is 2.19. The smallest absolute Gasteiger partial charge is 0.264 e. The lowest BCUT2D eigenvalue weighted by Crippen LogP contribution is -2.01. The van der Waals surface area contributed by atoms with Crippen LogP contribution in [0, 0.1) is 0 Å². The topological polar surface area (TPSA) is 90.9 Å². The first-order valence-corrected chi connectivity index (χ1v) is 7.47. The molecule has 0 radical (unpaired) electrons. The van der Waals surface area contributed by atoms with E-state index in [2.05, 4.69) is 15.2 Å². The highest BCUT2D eigenvalue weighted by molar-refractivity contribution is 8.13. The first-order chi connectivity index (χ1) is 8.36. The predicted molar refractivity (Wildman–Crippen MR) is 62.8 cm³/mol. The zero-order valence-electron chi connectivity index (χ0n) is 9.74. The second-order valence-electron chi connectivity index (χ2n) is 4.01. The minimum Gasteiger partial charge on any atom is -0.337 e. The van der Waals surface area contributed by atoms with Crippen molar-refractivity contribution in [2.24, 2.45) is 0 Å². The minimum atomic E-state index is -3.76. The van der Waals surface area contributed by atoms with Gasteiger partial charge in [0.15, 0.2) is 5.82 Å². The number of rotatable bonds is 4. The van der Waals surface area contributed by atoms with Crippen LogP contribution >= 0.6 is 10.7 Å². The normalized spacial score (nSPS) is 12.2. The number of hydrogen-bond donors (Lipinski definition) is 0. The van der Waals surface area contributed by atoms with Crippen molar-refractivity contribution >= 4 is 19.7 Å². The maximum Gasteiger partial charge on any atom is 0.264 e. The second kappa shape index (κ2) is 4.69. The molecule has 2 aromatic rings. The highest BCUT2D eigenvalue weighted by atomic mass is 35.7. The van der Waals surface area contributed by atoms with E-state index in [1.165, 1.54) is 17.1 Å². The van der Waals surface area contributed by atoms with E-state index in [0.29, 0.717) is 11.7 Å². The highest BCUT2D eigenvalue weighted by Crippen LogP contribution is 2.14. The number of hydrogen-bond acceptors (Lipinski definition) is 6. The Balaban J connectivity index is 2.16. The fourth-order valence-electron chi connectivity index (χ4n) is 1.26. The molecule has 0 saturated heterocycles. The first-order valence-electron chi connectivity index (χ1n) is 5.16. The number of halogens is 1. The molecule has 18 heavy (non-hydrogen) atoms. The van der Waals surface area contributed by atoms with Crippen LogP contribution < -0.4 is 0 Å². The van der Waals surface area contributed by atoms with E-state index in [4.69, 9.17) is 15.2 Å². The van der Waals surface area contributed by atoms with Gasteiger partial charge in [-0.15, -0.1) is 0 Å². The number of nitrogens with zero attached hydrogens (tertiary/aromatic N) is 4. The van der Waals surface area contributed by atoms with Crippen molar-refractivity contribution in [2.75, 3.05) is 0 Å². The molecule has 0 aliphatic heterocycles. The summed E-state index contributed by atoms with van der Waals surface area (Å²) in [5.74, 6) is 1.13. The Morgan fingerprint density at radius 2 is 2.22 bits per heavy atom. The van der Waals surface area contributed by atoms with Crippen molar-refractivity contribution in [3.8, 4) is 0 Å². The molecule has 0 saturated carbocycles. The van der Waals surface area contributed by atoms with E-state index >= 15 is 0 Å². The highest BCUT2D eigenvalue weighted by Gasteiger charge is 2.14. The molecule has 2 heterocycles. The largest absolute Gasteiger partial charge is 0.337 e. The Morgan fingerprint density at radius 3 is 2.72 bits per heavy atom. The Bertz CT molecular complexity index is 646. The Kier molecular flexibility index (Phi) is 3.40. The first kappa shape index (κ1) is 13.0.